The van der Waals surface area contributed by atoms with E-state index in [2.05, 4.69) is 6.92 Å². The molecule has 0 spiro atoms. The number of Topliss-reactive ketones (excluding diaryl/α,β-unsaturated/α-hetero) is 1. The molecule has 0 bridgehead atoms. The lowest BCUT2D eigenvalue weighted by molar-refractivity contribution is -0.134. The molecule has 1 unspecified atom stereocenters. The average Bonchev–Trinajstić information content (AvgIpc) is 2.17. The zero-order chi connectivity index (χ0) is 10.6. The van der Waals surface area contributed by atoms with Gasteiger partial charge >= 0.3 is 0 Å². The molecule has 0 radical (unpaired) electrons. The number of carbonyl (C=O) groups excluding carboxylic acids is 2. The van der Waals surface area contributed by atoms with E-state index in [-0.39, 0.29) is 18.1 Å². The Labute approximate surface area is 89.2 Å². The zero-order valence-corrected chi connectivity index (χ0v) is 9.60. The summed E-state index contributed by atoms with van der Waals surface area (Å²) < 4.78 is 0. The molecule has 1 rings (SSSR count). The van der Waals surface area contributed by atoms with Crippen LogP contribution >= 0.6 is 11.8 Å². The molecule has 0 aromatic carbocycles. The average molecular weight is 215 g/mol. The fraction of sp³-hybridized carbons (Fsp3) is 0.800. The number of hydrogen-bond acceptors (Lipinski definition) is 3. The summed E-state index contributed by atoms with van der Waals surface area (Å²) in [7, 11) is 0. The standard InChI is InChI=1S/C10H17NO2S/c1-3-9-7-11(4-5-14-9)10(13)6-8(2)12/h9H,3-7H2,1-2H3. The first-order chi connectivity index (χ1) is 6.63. The van der Waals surface area contributed by atoms with Crippen molar-refractivity contribution < 1.29 is 9.59 Å². The molecule has 1 aliphatic rings. The van der Waals surface area contributed by atoms with Gasteiger partial charge in [-0.1, -0.05) is 6.92 Å². The minimum absolute atomic E-state index is 0.00347. The van der Waals surface area contributed by atoms with Crippen LogP contribution in [0.1, 0.15) is 26.7 Å². The number of hydrogen-bond donors (Lipinski definition) is 0. The van der Waals surface area contributed by atoms with Crippen LogP contribution in [0.4, 0.5) is 0 Å². The summed E-state index contributed by atoms with van der Waals surface area (Å²) in [4.78, 5) is 24.2. The van der Waals surface area contributed by atoms with E-state index >= 15 is 0 Å². The third-order valence-corrected chi connectivity index (χ3v) is 3.72. The predicted molar refractivity (Wildman–Crippen MR) is 58.4 cm³/mol. The third kappa shape index (κ3) is 3.33. The lowest BCUT2D eigenvalue weighted by Crippen LogP contribution is -2.42. The Morgan fingerprint density at radius 3 is 2.79 bits per heavy atom. The van der Waals surface area contributed by atoms with Gasteiger partial charge in [0, 0.05) is 24.1 Å². The van der Waals surface area contributed by atoms with Gasteiger partial charge in [0.2, 0.25) is 5.91 Å². The second kappa shape index (κ2) is 5.39. The van der Waals surface area contributed by atoms with Crippen molar-refractivity contribution in [3.05, 3.63) is 0 Å². The van der Waals surface area contributed by atoms with Crippen LogP contribution in [0, 0.1) is 0 Å². The summed E-state index contributed by atoms with van der Waals surface area (Å²) >= 11 is 1.92. The Bertz CT molecular complexity index is 230. The number of thioether (sulfide) groups is 1. The van der Waals surface area contributed by atoms with Crippen LogP contribution in [0.3, 0.4) is 0 Å². The molecule has 1 amide bonds. The van der Waals surface area contributed by atoms with Gasteiger partial charge in [-0.2, -0.15) is 11.8 Å². The zero-order valence-electron chi connectivity index (χ0n) is 8.78. The van der Waals surface area contributed by atoms with E-state index in [0.717, 1.165) is 25.3 Å². The maximum absolute atomic E-state index is 11.6. The molecule has 1 saturated heterocycles. The van der Waals surface area contributed by atoms with E-state index in [1.807, 2.05) is 16.7 Å². The van der Waals surface area contributed by atoms with Crippen LogP contribution in [-0.2, 0) is 9.59 Å². The molecule has 80 valence electrons. The third-order valence-electron chi connectivity index (χ3n) is 2.35. The highest BCUT2D eigenvalue weighted by Gasteiger charge is 2.23. The molecule has 1 heterocycles. The van der Waals surface area contributed by atoms with Crippen molar-refractivity contribution in [2.45, 2.75) is 31.9 Å². The molecule has 1 aliphatic heterocycles. The lowest BCUT2D eigenvalue weighted by Gasteiger charge is -2.31. The van der Waals surface area contributed by atoms with Gasteiger partial charge in [0.05, 0.1) is 6.42 Å². The maximum atomic E-state index is 11.6. The second-order valence-corrected chi connectivity index (χ2v) is 5.03. The smallest absolute Gasteiger partial charge is 0.230 e. The van der Waals surface area contributed by atoms with Gasteiger partial charge in [-0.25, -0.2) is 0 Å². The largest absolute Gasteiger partial charge is 0.340 e. The predicted octanol–water partition coefficient (Wildman–Crippen LogP) is 1.32. The molecule has 0 saturated carbocycles. The Morgan fingerprint density at radius 1 is 1.50 bits per heavy atom. The van der Waals surface area contributed by atoms with E-state index in [1.54, 1.807) is 0 Å². The summed E-state index contributed by atoms with van der Waals surface area (Å²) in [5, 5.41) is 0.555. The summed E-state index contributed by atoms with van der Waals surface area (Å²) in [5.41, 5.74) is 0. The van der Waals surface area contributed by atoms with Gasteiger partial charge in [0.25, 0.3) is 0 Å². The molecule has 0 aliphatic carbocycles. The molecular formula is C10H17NO2S. The molecule has 1 fully saturated rings. The highest BCUT2D eigenvalue weighted by Crippen LogP contribution is 2.21. The summed E-state index contributed by atoms with van der Waals surface area (Å²) in [5.74, 6) is 0.958. The summed E-state index contributed by atoms with van der Waals surface area (Å²) in [6.07, 6.45) is 1.16. The van der Waals surface area contributed by atoms with E-state index < -0.39 is 0 Å². The lowest BCUT2D eigenvalue weighted by atomic mass is 10.2. The van der Waals surface area contributed by atoms with Gasteiger partial charge in [-0.05, 0) is 13.3 Å². The molecule has 0 N–H and O–H groups in total. The first kappa shape index (κ1) is 11.6. The van der Waals surface area contributed by atoms with Crippen LogP contribution < -0.4 is 0 Å². The Morgan fingerprint density at radius 2 is 2.21 bits per heavy atom. The molecule has 4 heteroatoms. The SMILES string of the molecule is CCC1CN(C(=O)CC(C)=O)CCS1. The highest BCUT2D eigenvalue weighted by atomic mass is 32.2. The van der Waals surface area contributed by atoms with Crippen molar-refractivity contribution in [1.29, 1.82) is 0 Å². The van der Waals surface area contributed by atoms with E-state index in [4.69, 9.17) is 0 Å². The summed E-state index contributed by atoms with van der Waals surface area (Å²) in [6.45, 7) is 5.21. The van der Waals surface area contributed by atoms with Gasteiger partial charge < -0.3 is 4.90 Å². The number of carbonyl (C=O) groups is 2. The quantitative estimate of drug-likeness (QED) is 0.666. The minimum Gasteiger partial charge on any atom is -0.340 e. The Hall–Kier alpha value is -0.510. The van der Waals surface area contributed by atoms with Crippen LogP contribution in [0.2, 0.25) is 0 Å². The molecule has 14 heavy (non-hydrogen) atoms. The van der Waals surface area contributed by atoms with Gasteiger partial charge in [-0.15, -0.1) is 0 Å². The number of ketones is 1. The van der Waals surface area contributed by atoms with Crippen molar-refractivity contribution >= 4 is 23.5 Å². The van der Waals surface area contributed by atoms with Gasteiger partial charge in [0.15, 0.2) is 0 Å². The fourth-order valence-electron chi connectivity index (χ4n) is 1.52. The molecular weight excluding hydrogens is 198 g/mol. The second-order valence-electron chi connectivity index (χ2n) is 3.62. The highest BCUT2D eigenvalue weighted by molar-refractivity contribution is 8.00. The van der Waals surface area contributed by atoms with E-state index in [0.29, 0.717) is 5.25 Å². The maximum Gasteiger partial charge on any atom is 0.230 e. The molecule has 0 aromatic rings. The topological polar surface area (TPSA) is 37.4 Å². The number of amides is 1. The van der Waals surface area contributed by atoms with Crippen molar-refractivity contribution in [2.24, 2.45) is 0 Å². The molecule has 0 aromatic heterocycles. The monoisotopic (exact) mass is 215 g/mol. The van der Waals surface area contributed by atoms with Crippen molar-refractivity contribution in [1.82, 2.24) is 4.90 Å². The van der Waals surface area contributed by atoms with Crippen molar-refractivity contribution in [2.75, 3.05) is 18.8 Å². The molecule has 1 atom stereocenters. The Kier molecular flexibility index (Phi) is 4.45. The normalized spacial score (nSPS) is 22.1. The minimum atomic E-state index is -0.0405. The number of nitrogens with zero attached hydrogens (tertiary/aromatic N) is 1. The van der Waals surface area contributed by atoms with E-state index in [9.17, 15) is 9.59 Å². The van der Waals surface area contributed by atoms with Crippen LogP contribution in [0.25, 0.3) is 0 Å². The first-order valence-electron chi connectivity index (χ1n) is 5.02. The van der Waals surface area contributed by atoms with E-state index in [1.165, 1.54) is 6.92 Å². The van der Waals surface area contributed by atoms with Crippen LogP contribution in [-0.4, -0.2) is 40.7 Å². The first-order valence-corrected chi connectivity index (χ1v) is 6.07. The van der Waals surface area contributed by atoms with Crippen LogP contribution in [0.5, 0.6) is 0 Å². The van der Waals surface area contributed by atoms with Crippen LogP contribution in [0.15, 0.2) is 0 Å². The Balaban J connectivity index is 2.43. The van der Waals surface area contributed by atoms with Gasteiger partial charge in [0.1, 0.15) is 5.78 Å². The summed E-state index contributed by atoms with van der Waals surface area (Å²) in [6, 6.07) is 0. The van der Waals surface area contributed by atoms with Crippen molar-refractivity contribution in [3.63, 3.8) is 0 Å². The molecule has 3 nitrogen and oxygen atoms in total. The number of rotatable bonds is 3. The van der Waals surface area contributed by atoms with Gasteiger partial charge in [-0.3, -0.25) is 9.59 Å². The van der Waals surface area contributed by atoms with Crippen molar-refractivity contribution in [3.8, 4) is 0 Å². The fourth-order valence-corrected chi connectivity index (χ4v) is 2.70.